The smallest absolute Gasteiger partial charge is 0.336 e. The van der Waals surface area contributed by atoms with Crippen LogP contribution < -0.4 is 24.5 Å². The van der Waals surface area contributed by atoms with Gasteiger partial charge in [0.15, 0.2) is 23.0 Å². The number of fused-ring (bicyclic) bond motifs is 4. The second kappa shape index (κ2) is 14.9. The van der Waals surface area contributed by atoms with Crippen LogP contribution in [0.5, 0.6) is 23.0 Å². The quantitative estimate of drug-likeness (QED) is 0.163. The molecular formula is C43H37ClN4O8. The average Bonchev–Trinajstić information content (AvgIpc) is 4.05. The third-order valence-corrected chi connectivity index (χ3v) is 11.0. The number of H-pyrrole nitrogens is 1. The Morgan fingerprint density at radius 3 is 2.00 bits per heavy atom. The zero-order valence-corrected chi connectivity index (χ0v) is 31.0. The number of aromatic nitrogens is 2. The van der Waals surface area contributed by atoms with Crippen molar-refractivity contribution >= 4 is 45.3 Å². The SMILES string of the molecule is O=C(O)c1cc(=O)[nH]c2ccc(-c3ccc4c(c3)OCO4)cc12.O=C(c1cc(Cl)nc2ccc(-c3ccc4c(c3)OCO4)cc12)N1CCC[C@H]1CN1CCCC1. The summed E-state index contributed by atoms with van der Waals surface area (Å²) in [6.45, 7) is 4.47. The van der Waals surface area contributed by atoms with Gasteiger partial charge in [-0.05, 0) is 116 Å². The van der Waals surface area contributed by atoms with Crippen LogP contribution in [0.4, 0.5) is 0 Å². The van der Waals surface area contributed by atoms with E-state index < -0.39 is 11.5 Å². The number of amides is 1. The fourth-order valence-electron chi connectivity index (χ4n) is 8.02. The number of rotatable bonds is 6. The van der Waals surface area contributed by atoms with Crippen LogP contribution in [0.2, 0.25) is 5.15 Å². The minimum Gasteiger partial charge on any atom is -0.478 e. The largest absolute Gasteiger partial charge is 0.478 e. The summed E-state index contributed by atoms with van der Waals surface area (Å²) in [7, 11) is 0. The number of likely N-dealkylation sites (tertiary alicyclic amines) is 2. The van der Waals surface area contributed by atoms with Crippen LogP contribution in [0.15, 0.2) is 89.7 Å². The Morgan fingerprint density at radius 2 is 1.32 bits per heavy atom. The van der Waals surface area contributed by atoms with Gasteiger partial charge in [0, 0.05) is 41.5 Å². The van der Waals surface area contributed by atoms with E-state index in [4.69, 9.17) is 30.5 Å². The molecule has 10 rings (SSSR count). The third-order valence-electron chi connectivity index (χ3n) is 10.8. The number of hydrogen-bond donors (Lipinski definition) is 2. The molecule has 0 bridgehead atoms. The van der Waals surface area contributed by atoms with E-state index in [9.17, 15) is 19.5 Å². The molecule has 0 aliphatic carbocycles. The Kier molecular flexibility index (Phi) is 9.44. The van der Waals surface area contributed by atoms with E-state index in [1.165, 1.54) is 12.8 Å². The third kappa shape index (κ3) is 6.97. The lowest BCUT2D eigenvalue weighted by atomic mass is 10.00. The lowest BCUT2D eigenvalue weighted by Gasteiger charge is -2.29. The van der Waals surface area contributed by atoms with Crippen LogP contribution in [0.1, 0.15) is 46.4 Å². The molecule has 0 radical (unpaired) electrons. The van der Waals surface area contributed by atoms with Gasteiger partial charge >= 0.3 is 5.97 Å². The predicted octanol–water partition coefficient (Wildman–Crippen LogP) is 7.61. The summed E-state index contributed by atoms with van der Waals surface area (Å²) in [5.41, 5.74) is 5.07. The molecule has 13 heteroatoms. The van der Waals surface area contributed by atoms with Crippen LogP contribution in [-0.2, 0) is 0 Å². The first-order chi connectivity index (χ1) is 27.3. The van der Waals surface area contributed by atoms with E-state index in [2.05, 4.69) is 19.8 Å². The molecule has 6 heterocycles. The second-order valence-electron chi connectivity index (χ2n) is 14.3. The Hall–Kier alpha value is -6.11. The van der Waals surface area contributed by atoms with E-state index in [1.807, 2.05) is 60.7 Å². The van der Waals surface area contributed by atoms with Gasteiger partial charge in [0.2, 0.25) is 19.1 Å². The number of carboxylic acid groups (broad SMARTS) is 1. The van der Waals surface area contributed by atoms with Gasteiger partial charge in [-0.25, -0.2) is 9.78 Å². The minimum atomic E-state index is -1.14. The van der Waals surface area contributed by atoms with Gasteiger partial charge in [-0.15, -0.1) is 0 Å². The van der Waals surface area contributed by atoms with Crippen LogP contribution in [0.3, 0.4) is 0 Å². The highest BCUT2D eigenvalue weighted by molar-refractivity contribution is 6.30. The summed E-state index contributed by atoms with van der Waals surface area (Å²) in [6.07, 6.45) is 4.62. The summed E-state index contributed by atoms with van der Waals surface area (Å²) in [5, 5.41) is 11.0. The number of aromatic amines is 1. The van der Waals surface area contributed by atoms with Crippen molar-refractivity contribution in [1.29, 1.82) is 0 Å². The van der Waals surface area contributed by atoms with Crippen LogP contribution >= 0.6 is 11.6 Å². The highest BCUT2D eigenvalue weighted by Gasteiger charge is 2.32. The molecule has 4 aliphatic heterocycles. The van der Waals surface area contributed by atoms with Crippen molar-refractivity contribution in [1.82, 2.24) is 19.8 Å². The average molecular weight is 773 g/mol. The number of halogens is 1. The molecule has 2 N–H and O–H groups in total. The zero-order chi connectivity index (χ0) is 38.3. The molecule has 4 aromatic carbocycles. The first-order valence-electron chi connectivity index (χ1n) is 18.6. The molecule has 284 valence electrons. The standard InChI is InChI=1S/C26H26ClN3O3.C17H11NO5/c27-25-14-21(26(31)30-11-3-4-19(30)15-29-9-1-2-10-29)20-12-17(5-7-22(20)28-25)18-6-8-23-24(13-18)33-16-32-23;19-16-7-12(17(20)21)11-5-9(1-3-13(11)18-16)10-2-4-14-15(6-10)23-8-22-14/h5-8,12-14,19H,1-4,9-11,15-16H2;1-7H,8H2,(H,18,19)(H,20,21)/t19-;/m0./s1. The predicted molar refractivity (Wildman–Crippen MR) is 211 cm³/mol. The van der Waals surface area contributed by atoms with Crippen molar-refractivity contribution in [3.05, 3.63) is 112 Å². The summed E-state index contributed by atoms with van der Waals surface area (Å²) >= 11 is 6.35. The Morgan fingerprint density at radius 1 is 0.714 bits per heavy atom. The molecule has 0 spiro atoms. The normalized spacial score (nSPS) is 17.0. The molecule has 1 atom stereocenters. The Bertz CT molecular complexity index is 2590. The number of nitrogens with one attached hydrogen (secondary N) is 1. The molecule has 2 fully saturated rings. The number of carboxylic acids is 1. The maximum absolute atomic E-state index is 13.8. The number of carbonyl (C=O) groups is 2. The fraction of sp³-hybridized carbons (Fsp3) is 0.256. The van der Waals surface area contributed by atoms with Crippen molar-refractivity contribution in [2.45, 2.75) is 31.7 Å². The van der Waals surface area contributed by atoms with Gasteiger partial charge in [0.05, 0.1) is 16.6 Å². The van der Waals surface area contributed by atoms with E-state index in [-0.39, 0.29) is 31.1 Å². The van der Waals surface area contributed by atoms with Gasteiger partial charge in [-0.1, -0.05) is 35.9 Å². The molecule has 2 saturated heterocycles. The molecule has 56 heavy (non-hydrogen) atoms. The van der Waals surface area contributed by atoms with E-state index in [0.29, 0.717) is 33.1 Å². The molecule has 2 aromatic heterocycles. The van der Waals surface area contributed by atoms with E-state index in [0.717, 1.165) is 89.7 Å². The number of hydrogen-bond acceptors (Lipinski definition) is 9. The molecular weight excluding hydrogens is 736 g/mol. The number of aromatic carboxylic acids is 1. The highest BCUT2D eigenvalue weighted by Crippen LogP contribution is 2.38. The van der Waals surface area contributed by atoms with Crippen molar-refractivity contribution in [3.8, 4) is 45.3 Å². The lowest BCUT2D eigenvalue weighted by molar-refractivity contribution is 0.0694. The van der Waals surface area contributed by atoms with Crippen molar-refractivity contribution in [3.63, 3.8) is 0 Å². The summed E-state index contributed by atoms with van der Waals surface area (Å²) in [4.78, 5) is 48.4. The molecule has 4 aliphatic rings. The zero-order valence-electron chi connectivity index (χ0n) is 30.3. The second-order valence-corrected chi connectivity index (χ2v) is 14.7. The van der Waals surface area contributed by atoms with Crippen molar-refractivity contribution < 1.29 is 33.6 Å². The highest BCUT2D eigenvalue weighted by atomic mass is 35.5. The van der Waals surface area contributed by atoms with Gasteiger partial charge < -0.3 is 38.8 Å². The van der Waals surface area contributed by atoms with Crippen LogP contribution in [0, 0.1) is 0 Å². The maximum atomic E-state index is 13.8. The van der Waals surface area contributed by atoms with Gasteiger partial charge in [0.25, 0.3) is 5.91 Å². The van der Waals surface area contributed by atoms with Gasteiger partial charge in [0.1, 0.15) is 5.15 Å². The van der Waals surface area contributed by atoms with Crippen molar-refractivity contribution in [2.24, 2.45) is 0 Å². The van der Waals surface area contributed by atoms with Gasteiger partial charge in [-0.3, -0.25) is 9.59 Å². The minimum absolute atomic E-state index is 0.0219. The van der Waals surface area contributed by atoms with Gasteiger partial charge in [-0.2, -0.15) is 0 Å². The first kappa shape index (κ1) is 35.6. The van der Waals surface area contributed by atoms with Crippen LogP contribution in [-0.4, -0.2) is 82.6 Å². The summed E-state index contributed by atoms with van der Waals surface area (Å²) in [5.74, 6) is 1.74. The Labute approximate surface area is 326 Å². The molecule has 1 amide bonds. The Balaban J connectivity index is 0.000000156. The van der Waals surface area contributed by atoms with Crippen molar-refractivity contribution in [2.75, 3.05) is 39.8 Å². The molecule has 0 saturated carbocycles. The lowest BCUT2D eigenvalue weighted by Crippen LogP contribution is -2.42. The van der Waals surface area contributed by atoms with E-state index >= 15 is 0 Å². The van der Waals surface area contributed by atoms with Crippen LogP contribution in [0.25, 0.3) is 44.1 Å². The number of ether oxygens (including phenoxy) is 4. The summed E-state index contributed by atoms with van der Waals surface area (Å²) < 4.78 is 21.6. The van der Waals surface area contributed by atoms with E-state index in [1.54, 1.807) is 18.2 Å². The first-order valence-corrected chi connectivity index (χ1v) is 19.0. The number of nitrogens with zero attached hydrogens (tertiary/aromatic N) is 3. The maximum Gasteiger partial charge on any atom is 0.336 e. The number of carbonyl (C=O) groups excluding carboxylic acids is 1. The molecule has 12 nitrogen and oxygen atoms in total. The molecule has 0 unspecified atom stereocenters. The monoisotopic (exact) mass is 772 g/mol. The summed E-state index contributed by atoms with van der Waals surface area (Å²) in [6, 6.07) is 25.7. The fourth-order valence-corrected chi connectivity index (χ4v) is 8.22. The molecule has 6 aromatic rings. The number of benzene rings is 4. The number of pyridine rings is 2. The topological polar surface area (TPSA) is 144 Å².